The molecule has 0 bridgehead atoms. The van der Waals surface area contributed by atoms with Crippen molar-refractivity contribution in [1.82, 2.24) is 10.2 Å². The number of hydrogen-bond donors (Lipinski definition) is 2. The number of rotatable bonds is 7. The van der Waals surface area contributed by atoms with Crippen LogP contribution in [0.3, 0.4) is 0 Å². The van der Waals surface area contributed by atoms with Crippen molar-refractivity contribution < 1.29 is 13.6 Å². The second kappa shape index (κ2) is 8.68. The van der Waals surface area contributed by atoms with E-state index in [1.165, 1.54) is 23.9 Å². The number of carbonyl (C=O) groups is 1. The van der Waals surface area contributed by atoms with E-state index in [1.54, 1.807) is 12.1 Å². The van der Waals surface area contributed by atoms with E-state index in [0.29, 0.717) is 17.7 Å². The molecule has 0 fully saturated rings. The Labute approximate surface area is 160 Å². The van der Waals surface area contributed by atoms with Gasteiger partial charge in [0.25, 0.3) is 5.22 Å². The molecule has 3 rings (SSSR count). The monoisotopic (exact) mass is 386 g/mol. The summed E-state index contributed by atoms with van der Waals surface area (Å²) >= 11 is 1.17. The molecule has 0 spiro atoms. The van der Waals surface area contributed by atoms with Gasteiger partial charge in [-0.2, -0.15) is 0 Å². The highest BCUT2D eigenvalue weighted by Crippen LogP contribution is 2.20. The molecule has 0 aliphatic carbocycles. The van der Waals surface area contributed by atoms with Crippen molar-refractivity contribution in [3.05, 3.63) is 65.3 Å². The molecule has 140 valence electrons. The SMILES string of the molecule is Cc1ccc(C)c(NC(=O)CSc2nnc(CNc3ccc(F)cc3)o2)c1. The van der Waals surface area contributed by atoms with Gasteiger partial charge < -0.3 is 15.1 Å². The van der Waals surface area contributed by atoms with Gasteiger partial charge in [0, 0.05) is 11.4 Å². The topological polar surface area (TPSA) is 80.0 Å². The normalized spacial score (nSPS) is 10.6. The summed E-state index contributed by atoms with van der Waals surface area (Å²) in [6, 6.07) is 11.9. The van der Waals surface area contributed by atoms with Gasteiger partial charge in [0.1, 0.15) is 5.82 Å². The van der Waals surface area contributed by atoms with Crippen LogP contribution in [-0.4, -0.2) is 21.9 Å². The minimum Gasteiger partial charge on any atom is -0.414 e. The van der Waals surface area contributed by atoms with Crippen molar-refractivity contribution in [3.8, 4) is 0 Å². The molecule has 2 N–H and O–H groups in total. The second-order valence-electron chi connectivity index (χ2n) is 5.98. The lowest BCUT2D eigenvalue weighted by atomic mass is 10.1. The highest BCUT2D eigenvalue weighted by molar-refractivity contribution is 7.99. The van der Waals surface area contributed by atoms with Crippen LogP contribution < -0.4 is 10.6 Å². The summed E-state index contributed by atoms with van der Waals surface area (Å²) in [5.41, 5.74) is 3.64. The third kappa shape index (κ3) is 5.55. The van der Waals surface area contributed by atoms with Crippen LogP contribution in [0.2, 0.25) is 0 Å². The van der Waals surface area contributed by atoms with Crippen molar-refractivity contribution in [2.45, 2.75) is 25.6 Å². The Hall–Kier alpha value is -2.87. The first-order valence-electron chi connectivity index (χ1n) is 8.31. The minimum absolute atomic E-state index is 0.141. The standard InChI is InChI=1S/C19H19FN4O2S/c1-12-3-4-13(2)16(9-12)22-17(25)11-27-19-24-23-18(26-19)10-21-15-7-5-14(20)6-8-15/h3-9,21H,10-11H2,1-2H3,(H,22,25). The number of aromatic nitrogens is 2. The van der Waals surface area contributed by atoms with Gasteiger partial charge >= 0.3 is 0 Å². The van der Waals surface area contributed by atoms with Crippen LogP contribution in [0.25, 0.3) is 0 Å². The number of aryl methyl sites for hydroxylation is 2. The Kier molecular flexibility index (Phi) is 6.08. The molecule has 1 heterocycles. The molecule has 3 aromatic rings. The third-order valence-corrected chi connectivity index (χ3v) is 4.55. The van der Waals surface area contributed by atoms with E-state index < -0.39 is 0 Å². The van der Waals surface area contributed by atoms with E-state index >= 15 is 0 Å². The smallest absolute Gasteiger partial charge is 0.277 e. The van der Waals surface area contributed by atoms with Gasteiger partial charge in [0.15, 0.2) is 0 Å². The molecule has 8 heteroatoms. The maximum atomic E-state index is 12.9. The van der Waals surface area contributed by atoms with E-state index in [-0.39, 0.29) is 17.5 Å². The summed E-state index contributed by atoms with van der Waals surface area (Å²) in [6.45, 7) is 4.23. The molecule has 6 nitrogen and oxygen atoms in total. The molecular formula is C19H19FN4O2S. The predicted molar refractivity (Wildman–Crippen MR) is 103 cm³/mol. The van der Waals surface area contributed by atoms with E-state index in [9.17, 15) is 9.18 Å². The van der Waals surface area contributed by atoms with Crippen LogP contribution in [0.15, 0.2) is 52.1 Å². The fourth-order valence-corrected chi connectivity index (χ4v) is 2.88. The summed E-state index contributed by atoms with van der Waals surface area (Å²) in [5, 5.41) is 14.1. The van der Waals surface area contributed by atoms with Gasteiger partial charge in [-0.1, -0.05) is 23.9 Å². The molecule has 2 aromatic carbocycles. The zero-order valence-electron chi connectivity index (χ0n) is 15.0. The number of halogens is 1. The maximum Gasteiger partial charge on any atom is 0.277 e. The third-order valence-electron chi connectivity index (χ3n) is 3.73. The number of amides is 1. The fourth-order valence-electron chi connectivity index (χ4n) is 2.30. The van der Waals surface area contributed by atoms with Crippen molar-refractivity contribution in [2.24, 2.45) is 0 Å². The minimum atomic E-state index is -0.295. The van der Waals surface area contributed by atoms with Crippen molar-refractivity contribution in [2.75, 3.05) is 16.4 Å². The number of carbonyl (C=O) groups excluding carboxylic acids is 1. The molecule has 27 heavy (non-hydrogen) atoms. The van der Waals surface area contributed by atoms with Crippen LogP contribution in [0.1, 0.15) is 17.0 Å². The molecule has 0 atom stereocenters. The highest BCUT2D eigenvalue weighted by Gasteiger charge is 2.11. The van der Waals surface area contributed by atoms with Gasteiger partial charge in [-0.25, -0.2) is 4.39 Å². The van der Waals surface area contributed by atoms with Crippen molar-refractivity contribution in [3.63, 3.8) is 0 Å². The van der Waals surface area contributed by atoms with E-state index in [2.05, 4.69) is 20.8 Å². The van der Waals surface area contributed by atoms with Crippen LogP contribution in [0.5, 0.6) is 0 Å². The van der Waals surface area contributed by atoms with E-state index in [0.717, 1.165) is 22.5 Å². The quantitative estimate of drug-likeness (QED) is 0.593. The molecule has 0 radical (unpaired) electrons. The van der Waals surface area contributed by atoms with Crippen LogP contribution in [0, 0.1) is 19.7 Å². The van der Waals surface area contributed by atoms with Crippen molar-refractivity contribution >= 4 is 29.0 Å². The number of hydrogen-bond acceptors (Lipinski definition) is 6. The van der Waals surface area contributed by atoms with Crippen LogP contribution >= 0.6 is 11.8 Å². The molecule has 0 unspecified atom stereocenters. The summed E-state index contributed by atoms with van der Waals surface area (Å²) in [4.78, 5) is 12.1. The first kappa shape index (κ1) is 18.9. The Balaban J connectivity index is 1.48. The molecule has 1 aromatic heterocycles. The largest absolute Gasteiger partial charge is 0.414 e. The number of anilines is 2. The first-order valence-corrected chi connectivity index (χ1v) is 9.30. The second-order valence-corrected chi connectivity index (χ2v) is 6.90. The fraction of sp³-hybridized carbons (Fsp3) is 0.211. The maximum absolute atomic E-state index is 12.9. The number of nitrogens with one attached hydrogen (secondary N) is 2. The van der Waals surface area contributed by atoms with Gasteiger partial charge in [0.05, 0.1) is 12.3 Å². The lowest BCUT2D eigenvalue weighted by Crippen LogP contribution is -2.14. The van der Waals surface area contributed by atoms with Crippen LogP contribution in [-0.2, 0) is 11.3 Å². The molecule has 0 aliphatic heterocycles. The van der Waals surface area contributed by atoms with E-state index in [1.807, 2.05) is 32.0 Å². The lowest BCUT2D eigenvalue weighted by Gasteiger charge is -2.08. The summed E-state index contributed by atoms with van der Waals surface area (Å²) in [6.07, 6.45) is 0. The Bertz CT molecular complexity index is 928. The average molecular weight is 386 g/mol. The molecule has 1 amide bonds. The highest BCUT2D eigenvalue weighted by atomic mass is 32.2. The van der Waals surface area contributed by atoms with Gasteiger partial charge in [-0.15, -0.1) is 10.2 Å². The zero-order valence-corrected chi connectivity index (χ0v) is 15.8. The molecule has 0 saturated carbocycles. The van der Waals surface area contributed by atoms with Gasteiger partial charge in [0.2, 0.25) is 11.8 Å². The average Bonchev–Trinajstić information content (AvgIpc) is 3.10. The number of benzene rings is 2. The molecule has 0 saturated heterocycles. The number of nitrogens with zero attached hydrogens (tertiary/aromatic N) is 2. The Morgan fingerprint density at radius 2 is 1.93 bits per heavy atom. The Morgan fingerprint density at radius 3 is 2.70 bits per heavy atom. The van der Waals surface area contributed by atoms with E-state index in [4.69, 9.17) is 4.42 Å². The zero-order chi connectivity index (χ0) is 19.2. The summed E-state index contributed by atoms with van der Waals surface area (Å²) < 4.78 is 18.4. The Morgan fingerprint density at radius 1 is 1.15 bits per heavy atom. The van der Waals surface area contributed by atoms with Gasteiger partial charge in [-0.3, -0.25) is 4.79 Å². The molecule has 0 aliphatic rings. The summed E-state index contributed by atoms with van der Waals surface area (Å²) in [5.74, 6) is 0.117. The number of thioether (sulfide) groups is 1. The van der Waals surface area contributed by atoms with Crippen molar-refractivity contribution in [1.29, 1.82) is 0 Å². The summed E-state index contributed by atoms with van der Waals surface area (Å²) in [7, 11) is 0. The lowest BCUT2D eigenvalue weighted by molar-refractivity contribution is -0.113. The predicted octanol–water partition coefficient (Wildman–Crippen LogP) is 4.17. The first-order chi connectivity index (χ1) is 13.0. The van der Waals surface area contributed by atoms with Gasteiger partial charge in [-0.05, 0) is 55.3 Å². The molecular weight excluding hydrogens is 367 g/mol. The van der Waals surface area contributed by atoms with Crippen LogP contribution in [0.4, 0.5) is 15.8 Å².